The summed E-state index contributed by atoms with van der Waals surface area (Å²) < 4.78 is 15.1. The fourth-order valence-electron chi connectivity index (χ4n) is 1.55. The molecule has 20 heavy (non-hydrogen) atoms. The van der Waals surface area contributed by atoms with Crippen molar-refractivity contribution in [3.63, 3.8) is 0 Å². The van der Waals surface area contributed by atoms with Crippen molar-refractivity contribution in [3.05, 3.63) is 62.3 Å². The van der Waals surface area contributed by atoms with Gasteiger partial charge in [-0.1, -0.05) is 15.9 Å². The van der Waals surface area contributed by atoms with E-state index in [2.05, 4.69) is 37.2 Å². The van der Waals surface area contributed by atoms with Crippen LogP contribution in [0, 0.1) is 17.1 Å². The van der Waals surface area contributed by atoms with Crippen molar-refractivity contribution in [2.24, 2.45) is 0 Å². The van der Waals surface area contributed by atoms with Gasteiger partial charge in [-0.15, -0.1) is 0 Å². The number of benzene rings is 2. The zero-order valence-electron chi connectivity index (χ0n) is 9.95. The number of nitrogens with zero attached hydrogens (tertiary/aromatic N) is 1. The number of rotatable bonds is 2. The lowest BCUT2D eigenvalue weighted by molar-refractivity contribution is 0.102. The van der Waals surface area contributed by atoms with Crippen LogP contribution in [0.5, 0.6) is 0 Å². The minimum atomic E-state index is -0.650. The smallest absolute Gasteiger partial charge is 0.256 e. The highest BCUT2D eigenvalue weighted by Crippen LogP contribution is 2.23. The fourth-order valence-corrected chi connectivity index (χ4v) is 2.33. The first-order chi connectivity index (χ1) is 9.51. The summed E-state index contributed by atoms with van der Waals surface area (Å²) in [7, 11) is 0. The summed E-state index contributed by atoms with van der Waals surface area (Å²) in [4.78, 5) is 12.1. The van der Waals surface area contributed by atoms with Gasteiger partial charge in [-0.3, -0.25) is 4.79 Å². The summed E-state index contributed by atoms with van der Waals surface area (Å²) in [5.74, 6) is -1.09. The molecule has 0 unspecified atom stereocenters. The van der Waals surface area contributed by atoms with Crippen LogP contribution in [-0.2, 0) is 0 Å². The van der Waals surface area contributed by atoms with Crippen molar-refractivity contribution in [2.75, 3.05) is 5.32 Å². The fraction of sp³-hybridized carbons (Fsp3) is 0. The van der Waals surface area contributed by atoms with Crippen LogP contribution in [0.4, 0.5) is 10.1 Å². The Morgan fingerprint density at radius 1 is 1.20 bits per heavy atom. The molecule has 0 aliphatic carbocycles. The number of carbonyl (C=O) groups is 1. The van der Waals surface area contributed by atoms with Gasteiger partial charge in [-0.05, 0) is 52.3 Å². The molecule has 0 saturated carbocycles. The Morgan fingerprint density at radius 2 is 1.95 bits per heavy atom. The van der Waals surface area contributed by atoms with Crippen molar-refractivity contribution in [1.82, 2.24) is 0 Å². The van der Waals surface area contributed by atoms with Crippen molar-refractivity contribution in [3.8, 4) is 6.07 Å². The monoisotopic (exact) mass is 396 g/mol. The zero-order chi connectivity index (χ0) is 14.7. The predicted octanol–water partition coefficient (Wildman–Crippen LogP) is 4.47. The van der Waals surface area contributed by atoms with Crippen LogP contribution in [-0.4, -0.2) is 5.91 Å². The number of amides is 1. The number of hydrogen-bond donors (Lipinski definition) is 1. The van der Waals surface area contributed by atoms with E-state index in [9.17, 15) is 9.18 Å². The van der Waals surface area contributed by atoms with E-state index in [0.29, 0.717) is 10.0 Å². The first-order valence-corrected chi connectivity index (χ1v) is 7.06. The third-order valence-electron chi connectivity index (χ3n) is 2.52. The minimum absolute atomic E-state index is 0.0286. The molecule has 0 bridgehead atoms. The van der Waals surface area contributed by atoms with Crippen molar-refractivity contribution in [1.29, 1.82) is 5.26 Å². The largest absolute Gasteiger partial charge is 0.319 e. The maximum absolute atomic E-state index is 13.7. The molecule has 2 rings (SSSR count). The van der Waals surface area contributed by atoms with Crippen LogP contribution < -0.4 is 5.32 Å². The first kappa shape index (κ1) is 14.7. The molecule has 0 saturated heterocycles. The molecule has 100 valence electrons. The van der Waals surface area contributed by atoms with Gasteiger partial charge in [-0.2, -0.15) is 5.26 Å². The second kappa shape index (κ2) is 6.16. The maximum atomic E-state index is 13.7. The van der Waals surface area contributed by atoms with Gasteiger partial charge in [0.1, 0.15) is 5.82 Å². The standard InChI is InChI=1S/C14H7Br2FN2O/c15-9-2-3-11(16)10(6-9)14(20)19-13-4-1-8(7-18)5-12(13)17/h1-6H,(H,19,20). The first-order valence-electron chi connectivity index (χ1n) is 5.47. The second-order valence-electron chi connectivity index (χ2n) is 3.88. The van der Waals surface area contributed by atoms with E-state index in [1.165, 1.54) is 12.1 Å². The van der Waals surface area contributed by atoms with Gasteiger partial charge >= 0.3 is 0 Å². The molecule has 2 aromatic carbocycles. The van der Waals surface area contributed by atoms with Crippen LogP contribution in [0.1, 0.15) is 15.9 Å². The van der Waals surface area contributed by atoms with Crippen molar-refractivity contribution in [2.45, 2.75) is 0 Å². The van der Waals surface area contributed by atoms with E-state index in [1.54, 1.807) is 18.2 Å². The molecule has 0 aliphatic heterocycles. The number of halogens is 3. The van der Waals surface area contributed by atoms with Crippen molar-refractivity contribution < 1.29 is 9.18 Å². The van der Waals surface area contributed by atoms with Gasteiger partial charge in [0.05, 0.1) is 22.9 Å². The summed E-state index contributed by atoms with van der Waals surface area (Å²) in [6.45, 7) is 0. The molecule has 3 nitrogen and oxygen atoms in total. The highest BCUT2D eigenvalue weighted by molar-refractivity contribution is 9.11. The average Bonchev–Trinajstić information content (AvgIpc) is 2.43. The summed E-state index contributed by atoms with van der Waals surface area (Å²) in [5.41, 5.74) is 0.605. The van der Waals surface area contributed by atoms with E-state index in [1.807, 2.05) is 6.07 Å². The van der Waals surface area contributed by atoms with Crippen LogP contribution in [0.3, 0.4) is 0 Å². The molecule has 0 atom stereocenters. The molecule has 0 spiro atoms. The highest BCUT2D eigenvalue weighted by Gasteiger charge is 2.13. The predicted molar refractivity (Wildman–Crippen MR) is 80.9 cm³/mol. The van der Waals surface area contributed by atoms with Gasteiger partial charge in [0.25, 0.3) is 5.91 Å². The third-order valence-corrected chi connectivity index (χ3v) is 3.70. The third kappa shape index (κ3) is 3.24. The Bertz CT molecular complexity index is 726. The molecule has 0 heterocycles. The molecule has 0 radical (unpaired) electrons. The lowest BCUT2D eigenvalue weighted by atomic mass is 10.2. The number of anilines is 1. The Balaban J connectivity index is 2.28. The van der Waals surface area contributed by atoms with Gasteiger partial charge in [0, 0.05) is 8.95 Å². The van der Waals surface area contributed by atoms with E-state index < -0.39 is 11.7 Å². The molecule has 6 heteroatoms. The van der Waals surface area contributed by atoms with E-state index in [-0.39, 0.29) is 11.3 Å². The van der Waals surface area contributed by atoms with Crippen molar-refractivity contribution >= 4 is 43.5 Å². The molecule has 2 aromatic rings. The van der Waals surface area contributed by atoms with Crippen LogP contribution >= 0.6 is 31.9 Å². The van der Waals surface area contributed by atoms with Crippen LogP contribution in [0.25, 0.3) is 0 Å². The van der Waals surface area contributed by atoms with Crippen LogP contribution in [0.2, 0.25) is 0 Å². The van der Waals surface area contributed by atoms with Gasteiger partial charge in [-0.25, -0.2) is 4.39 Å². The maximum Gasteiger partial charge on any atom is 0.256 e. The van der Waals surface area contributed by atoms with E-state index in [0.717, 1.165) is 10.5 Å². The molecule has 0 aliphatic rings. The molecular formula is C14H7Br2FN2O. The molecule has 0 aromatic heterocycles. The summed E-state index contributed by atoms with van der Waals surface area (Å²) >= 11 is 6.54. The van der Waals surface area contributed by atoms with Gasteiger partial charge < -0.3 is 5.32 Å². The Morgan fingerprint density at radius 3 is 2.60 bits per heavy atom. The summed E-state index contributed by atoms with van der Waals surface area (Å²) in [5, 5.41) is 11.1. The quantitative estimate of drug-likeness (QED) is 0.812. The number of hydrogen-bond acceptors (Lipinski definition) is 2. The summed E-state index contributed by atoms with van der Waals surface area (Å²) in [6, 6.07) is 10.8. The van der Waals surface area contributed by atoms with E-state index in [4.69, 9.17) is 5.26 Å². The Labute approximate surface area is 131 Å². The number of nitrogens with one attached hydrogen (secondary N) is 1. The lowest BCUT2D eigenvalue weighted by Crippen LogP contribution is -2.13. The second-order valence-corrected chi connectivity index (χ2v) is 5.65. The SMILES string of the molecule is N#Cc1ccc(NC(=O)c2cc(Br)ccc2Br)c(F)c1. The van der Waals surface area contributed by atoms with Crippen LogP contribution in [0.15, 0.2) is 45.3 Å². The topological polar surface area (TPSA) is 52.9 Å². The Kier molecular flexibility index (Phi) is 4.53. The molecule has 1 N–H and O–H groups in total. The minimum Gasteiger partial charge on any atom is -0.319 e. The molecule has 1 amide bonds. The average molecular weight is 398 g/mol. The highest BCUT2D eigenvalue weighted by atomic mass is 79.9. The normalized spacial score (nSPS) is 9.90. The van der Waals surface area contributed by atoms with E-state index >= 15 is 0 Å². The van der Waals surface area contributed by atoms with Gasteiger partial charge in [0.2, 0.25) is 0 Å². The summed E-state index contributed by atoms with van der Waals surface area (Å²) in [6.07, 6.45) is 0. The lowest BCUT2D eigenvalue weighted by Gasteiger charge is -2.08. The molecular weight excluding hydrogens is 391 g/mol. The number of carbonyl (C=O) groups excluding carboxylic acids is 1. The number of nitriles is 1. The molecule has 0 fully saturated rings. The Hall–Kier alpha value is -1.71. The van der Waals surface area contributed by atoms with Gasteiger partial charge in [0.15, 0.2) is 0 Å². The zero-order valence-corrected chi connectivity index (χ0v) is 13.1.